The Morgan fingerprint density at radius 2 is 1.11 bits per heavy atom. The van der Waals surface area contributed by atoms with Gasteiger partial charge in [0.05, 0.1) is 6.61 Å². The third kappa shape index (κ3) is 9.54. The normalized spacial score (nSPS) is 12.3. The Morgan fingerprint density at radius 1 is 0.741 bits per heavy atom. The van der Waals surface area contributed by atoms with Crippen molar-refractivity contribution in [3.05, 3.63) is 0 Å². The van der Waals surface area contributed by atoms with E-state index in [2.05, 4.69) is 0 Å². The Hall–Kier alpha value is -1.92. The van der Waals surface area contributed by atoms with Gasteiger partial charge in [-0.25, -0.2) is 0 Å². The summed E-state index contributed by atoms with van der Waals surface area (Å²) in [4.78, 5) is 49.0. The fourth-order valence-electron chi connectivity index (χ4n) is 2.51. The van der Waals surface area contributed by atoms with Gasteiger partial charge in [0.2, 0.25) is 0 Å². The van der Waals surface area contributed by atoms with Gasteiger partial charge in [0, 0.05) is 12.8 Å². The number of ether oxygens (including phenoxy) is 3. The molecule has 0 heterocycles. The number of ketones is 1. The first-order valence-electron chi connectivity index (χ1n) is 9.25. The fourth-order valence-corrected chi connectivity index (χ4v) is 2.51. The van der Waals surface area contributed by atoms with E-state index in [1.54, 1.807) is 48.5 Å². The van der Waals surface area contributed by atoms with Gasteiger partial charge in [-0.3, -0.25) is 19.2 Å². The lowest BCUT2D eigenvalue weighted by atomic mass is 9.75. The van der Waals surface area contributed by atoms with Crippen molar-refractivity contribution in [2.24, 2.45) is 5.41 Å². The number of carbonyl (C=O) groups is 4. The van der Waals surface area contributed by atoms with Crippen LogP contribution in [0.25, 0.3) is 0 Å². The van der Waals surface area contributed by atoms with Crippen molar-refractivity contribution >= 4 is 23.7 Å². The minimum atomic E-state index is -1.58. The van der Waals surface area contributed by atoms with Crippen molar-refractivity contribution in [3.8, 4) is 0 Å². The molecule has 0 amide bonds. The number of rotatable bonds is 9. The molecule has 0 aliphatic heterocycles. The van der Waals surface area contributed by atoms with Crippen LogP contribution in [0.2, 0.25) is 0 Å². The van der Waals surface area contributed by atoms with Gasteiger partial charge >= 0.3 is 17.9 Å². The van der Waals surface area contributed by atoms with Crippen LogP contribution < -0.4 is 0 Å². The largest absolute Gasteiger partial charge is 0.465 e. The molecule has 0 rings (SSSR count). The Balaban J connectivity index is 5.36. The second kappa shape index (κ2) is 9.85. The molecule has 0 bridgehead atoms. The zero-order chi connectivity index (χ0) is 21.5. The molecule has 0 aromatic heterocycles. The van der Waals surface area contributed by atoms with Crippen LogP contribution in [0.4, 0.5) is 0 Å². The maximum Gasteiger partial charge on any atom is 0.319 e. The van der Waals surface area contributed by atoms with Crippen LogP contribution >= 0.6 is 0 Å². The topological polar surface area (TPSA) is 96.0 Å². The van der Waals surface area contributed by atoms with Crippen molar-refractivity contribution in [1.29, 1.82) is 0 Å². The molecule has 0 aromatic carbocycles. The molecule has 0 radical (unpaired) electrons. The zero-order valence-corrected chi connectivity index (χ0v) is 17.9. The second-order valence-corrected chi connectivity index (χ2v) is 8.53. The van der Waals surface area contributed by atoms with E-state index in [4.69, 9.17) is 14.2 Å². The average molecular weight is 386 g/mol. The zero-order valence-electron chi connectivity index (χ0n) is 17.9. The quantitative estimate of drug-likeness (QED) is 0.340. The van der Waals surface area contributed by atoms with Gasteiger partial charge in [-0.05, 0) is 68.2 Å². The van der Waals surface area contributed by atoms with E-state index >= 15 is 0 Å². The Morgan fingerprint density at radius 3 is 1.37 bits per heavy atom. The van der Waals surface area contributed by atoms with Crippen LogP contribution in [0.15, 0.2) is 0 Å². The predicted octanol–water partition coefficient (Wildman–Crippen LogP) is 3.37. The molecule has 27 heavy (non-hydrogen) atoms. The summed E-state index contributed by atoms with van der Waals surface area (Å²) in [6.45, 7) is 13.4. The molecule has 0 aliphatic carbocycles. The summed E-state index contributed by atoms with van der Waals surface area (Å²) in [5.41, 5.74) is -2.92. The predicted molar refractivity (Wildman–Crippen MR) is 99.9 cm³/mol. The van der Waals surface area contributed by atoms with Crippen LogP contribution in [0.5, 0.6) is 0 Å². The standard InChI is InChI=1S/C20H34O7/c1-9-25-17(24)20(14(2)21,12-10-15(22)26-18(3,4)5)13-11-16(23)27-19(6,7)8/h9-13H2,1-8H3. The van der Waals surface area contributed by atoms with E-state index in [1.807, 2.05) is 0 Å². The number of Topliss-reactive ketones (excluding diaryl/α,β-unsaturated/α-hetero) is 1. The lowest BCUT2D eigenvalue weighted by Crippen LogP contribution is -2.41. The monoisotopic (exact) mass is 386 g/mol. The smallest absolute Gasteiger partial charge is 0.319 e. The van der Waals surface area contributed by atoms with Gasteiger partial charge in [0.1, 0.15) is 22.4 Å². The Bertz CT molecular complexity index is 518. The first-order valence-corrected chi connectivity index (χ1v) is 9.25. The van der Waals surface area contributed by atoms with Crippen LogP contribution in [0.1, 0.15) is 81.1 Å². The first-order chi connectivity index (χ1) is 12.1. The third-order valence-electron chi connectivity index (χ3n) is 3.69. The summed E-state index contributed by atoms with van der Waals surface area (Å²) in [7, 11) is 0. The van der Waals surface area contributed by atoms with Gasteiger partial charge < -0.3 is 14.2 Å². The van der Waals surface area contributed by atoms with E-state index < -0.39 is 40.3 Å². The van der Waals surface area contributed by atoms with E-state index in [0.29, 0.717) is 0 Å². The van der Waals surface area contributed by atoms with E-state index in [-0.39, 0.29) is 32.3 Å². The number of hydrogen-bond donors (Lipinski definition) is 0. The molecule has 0 saturated carbocycles. The highest BCUT2D eigenvalue weighted by molar-refractivity contribution is 6.03. The molecule has 0 aromatic rings. The molecule has 0 fully saturated rings. The molecule has 0 unspecified atom stereocenters. The van der Waals surface area contributed by atoms with E-state index in [9.17, 15) is 19.2 Å². The highest BCUT2D eigenvalue weighted by atomic mass is 16.6. The maximum atomic E-state index is 12.6. The van der Waals surface area contributed by atoms with E-state index in [1.165, 1.54) is 6.92 Å². The summed E-state index contributed by atoms with van der Waals surface area (Å²) in [5.74, 6) is -2.22. The van der Waals surface area contributed by atoms with Gasteiger partial charge in [-0.15, -0.1) is 0 Å². The first kappa shape index (κ1) is 25.1. The summed E-state index contributed by atoms with van der Waals surface area (Å²) in [5, 5.41) is 0. The molecule has 7 nitrogen and oxygen atoms in total. The van der Waals surface area contributed by atoms with Gasteiger partial charge in [0.15, 0.2) is 0 Å². The number of carbonyl (C=O) groups excluding carboxylic acids is 4. The summed E-state index contributed by atoms with van der Waals surface area (Å²) in [6.07, 6.45) is -0.439. The summed E-state index contributed by atoms with van der Waals surface area (Å²) >= 11 is 0. The molecule has 0 N–H and O–H groups in total. The van der Waals surface area contributed by atoms with Crippen LogP contribution in [0.3, 0.4) is 0 Å². The minimum absolute atomic E-state index is 0.0844. The number of esters is 3. The summed E-state index contributed by atoms with van der Waals surface area (Å²) in [6, 6.07) is 0. The van der Waals surface area contributed by atoms with Crippen LogP contribution in [-0.4, -0.2) is 41.5 Å². The maximum absolute atomic E-state index is 12.6. The van der Waals surface area contributed by atoms with Crippen molar-refractivity contribution in [2.75, 3.05) is 6.61 Å². The molecular formula is C20H34O7. The molecule has 0 aliphatic rings. The van der Waals surface area contributed by atoms with Gasteiger partial charge in [-0.1, -0.05) is 0 Å². The van der Waals surface area contributed by atoms with Crippen LogP contribution in [0, 0.1) is 5.41 Å². The SMILES string of the molecule is CCOC(=O)C(CCC(=O)OC(C)(C)C)(CCC(=O)OC(C)(C)C)C(C)=O. The minimum Gasteiger partial charge on any atom is -0.465 e. The summed E-state index contributed by atoms with van der Waals surface area (Å²) < 4.78 is 15.6. The Kier molecular flexibility index (Phi) is 9.15. The Labute approximate surface area is 162 Å². The van der Waals surface area contributed by atoms with Gasteiger partial charge in [0.25, 0.3) is 0 Å². The average Bonchev–Trinajstić information content (AvgIpc) is 2.43. The molecule has 0 atom stereocenters. The third-order valence-corrected chi connectivity index (χ3v) is 3.69. The molecule has 7 heteroatoms. The molecule has 156 valence electrons. The van der Waals surface area contributed by atoms with Crippen molar-refractivity contribution in [3.63, 3.8) is 0 Å². The molecule has 0 spiro atoms. The second-order valence-electron chi connectivity index (χ2n) is 8.53. The van der Waals surface area contributed by atoms with Crippen molar-refractivity contribution in [2.45, 2.75) is 92.3 Å². The number of hydrogen-bond acceptors (Lipinski definition) is 7. The molecule has 0 saturated heterocycles. The lowest BCUT2D eigenvalue weighted by Gasteiger charge is -2.29. The molecular weight excluding hydrogens is 352 g/mol. The van der Waals surface area contributed by atoms with Crippen molar-refractivity contribution in [1.82, 2.24) is 0 Å². The lowest BCUT2D eigenvalue weighted by molar-refractivity contribution is -0.164. The highest BCUT2D eigenvalue weighted by Gasteiger charge is 2.45. The van der Waals surface area contributed by atoms with Crippen LogP contribution in [-0.2, 0) is 33.4 Å². The van der Waals surface area contributed by atoms with E-state index in [0.717, 1.165) is 0 Å². The highest BCUT2D eigenvalue weighted by Crippen LogP contribution is 2.34. The van der Waals surface area contributed by atoms with Crippen molar-refractivity contribution < 1.29 is 33.4 Å². The van der Waals surface area contributed by atoms with Gasteiger partial charge in [-0.2, -0.15) is 0 Å². The fraction of sp³-hybridized carbons (Fsp3) is 0.800.